The molecule has 0 N–H and O–H groups in total. The van der Waals surface area contributed by atoms with Gasteiger partial charge in [0.2, 0.25) is 0 Å². The van der Waals surface area contributed by atoms with Crippen molar-refractivity contribution in [1.29, 1.82) is 0 Å². The second-order valence-corrected chi connectivity index (χ2v) is 3.92. The molecule has 0 aliphatic rings. The lowest BCUT2D eigenvalue weighted by Gasteiger charge is -2.11. The van der Waals surface area contributed by atoms with Crippen LogP contribution in [0.5, 0.6) is 0 Å². The summed E-state index contributed by atoms with van der Waals surface area (Å²) < 4.78 is 4.71. The van der Waals surface area contributed by atoms with Gasteiger partial charge in [0, 0.05) is 10.9 Å². The molecule has 0 aliphatic heterocycles. The van der Waals surface area contributed by atoms with E-state index in [1.165, 1.54) is 14.2 Å². The van der Waals surface area contributed by atoms with Gasteiger partial charge in [-0.2, -0.15) is 0 Å². The highest BCUT2D eigenvalue weighted by Crippen LogP contribution is 2.19. The van der Waals surface area contributed by atoms with Gasteiger partial charge in [-0.1, -0.05) is 39.3 Å². The number of ether oxygens (including phenoxy) is 1. The van der Waals surface area contributed by atoms with Crippen molar-refractivity contribution in [3.05, 3.63) is 34.9 Å². The van der Waals surface area contributed by atoms with Gasteiger partial charge in [-0.25, -0.2) is 4.79 Å². The number of oxime groups is 1. The molecule has 0 fully saturated rings. The number of rotatable bonds is 4. The summed E-state index contributed by atoms with van der Waals surface area (Å²) in [7, 11) is 2.72. The maximum atomic E-state index is 11.7. The van der Waals surface area contributed by atoms with Crippen LogP contribution < -0.4 is 0 Å². The number of benzene rings is 1. The van der Waals surface area contributed by atoms with Crippen molar-refractivity contribution in [2.24, 2.45) is 5.16 Å². The predicted octanol–water partition coefficient (Wildman–Crippen LogP) is 2.41. The van der Waals surface area contributed by atoms with Crippen LogP contribution in [0.25, 0.3) is 0 Å². The first kappa shape index (κ1) is 13.7. The molecule has 5 heteroatoms. The van der Waals surface area contributed by atoms with Crippen LogP contribution >= 0.6 is 15.9 Å². The van der Waals surface area contributed by atoms with E-state index in [0.29, 0.717) is 5.33 Å². The summed E-state index contributed by atoms with van der Waals surface area (Å²) in [5.74, 6) is -0.511. The van der Waals surface area contributed by atoms with Crippen LogP contribution in [0.1, 0.15) is 16.7 Å². The van der Waals surface area contributed by atoms with E-state index in [4.69, 9.17) is 9.57 Å². The smallest absolute Gasteiger partial charge is 0.360 e. The fraction of sp³-hybridized carbons (Fsp3) is 0.333. The van der Waals surface area contributed by atoms with Crippen molar-refractivity contribution in [3.63, 3.8) is 0 Å². The van der Waals surface area contributed by atoms with Crippen LogP contribution in [0, 0.1) is 6.92 Å². The fourth-order valence-corrected chi connectivity index (χ4v) is 2.02. The van der Waals surface area contributed by atoms with Crippen LogP contribution in [-0.4, -0.2) is 25.9 Å². The highest BCUT2D eigenvalue weighted by molar-refractivity contribution is 9.08. The Bertz CT molecular complexity index is 443. The molecule has 0 heterocycles. The summed E-state index contributed by atoms with van der Waals surface area (Å²) in [6.07, 6.45) is 0. The molecular weight excluding hydrogens is 286 g/mol. The zero-order chi connectivity index (χ0) is 12.8. The Balaban J connectivity index is 3.37. The molecule has 0 saturated heterocycles. The van der Waals surface area contributed by atoms with Crippen LogP contribution in [0.3, 0.4) is 0 Å². The Hall–Kier alpha value is -1.36. The van der Waals surface area contributed by atoms with Gasteiger partial charge in [0.25, 0.3) is 0 Å². The van der Waals surface area contributed by atoms with Crippen LogP contribution in [-0.2, 0) is 19.7 Å². The number of carbonyl (C=O) groups is 1. The molecule has 0 aromatic heterocycles. The normalized spacial score (nSPS) is 11.2. The van der Waals surface area contributed by atoms with Crippen LogP contribution in [0.4, 0.5) is 0 Å². The average Bonchev–Trinajstić information content (AvgIpc) is 2.35. The molecule has 92 valence electrons. The van der Waals surface area contributed by atoms with Crippen molar-refractivity contribution < 1.29 is 14.4 Å². The molecule has 1 aromatic rings. The fourth-order valence-electron chi connectivity index (χ4n) is 1.55. The van der Waals surface area contributed by atoms with Crippen molar-refractivity contribution in [1.82, 2.24) is 0 Å². The zero-order valence-electron chi connectivity index (χ0n) is 9.99. The summed E-state index contributed by atoms with van der Waals surface area (Å²) in [6, 6.07) is 5.76. The van der Waals surface area contributed by atoms with Gasteiger partial charge in [0.15, 0.2) is 5.71 Å². The third-order valence-electron chi connectivity index (χ3n) is 2.30. The minimum Gasteiger partial charge on any atom is -0.464 e. The van der Waals surface area contributed by atoms with E-state index in [-0.39, 0.29) is 5.71 Å². The first-order valence-corrected chi connectivity index (χ1v) is 6.12. The SMILES string of the molecule is CO/N=C(\C(=O)OC)c1c(C)cccc1CBr. The summed E-state index contributed by atoms with van der Waals surface area (Å²) in [6.45, 7) is 1.91. The molecule has 0 spiro atoms. The van der Waals surface area contributed by atoms with E-state index >= 15 is 0 Å². The lowest BCUT2D eigenvalue weighted by atomic mass is 9.99. The lowest BCUT2D eigenvalue weighted by molar-refractivity contribution is -0.132. The first-order valence-electron chi connectivity index (χ1n) is 5.00. The standard InChI is InChI=1S/C12H14BrNO3/c1-8-5-4-6-9(7-13)10(8)11(14-17-3)12(15)16-2/h4-6H,7H2,1-3H3/b14-11-. The average molecular weight is 300 g/mol. The Morgan fingerprint density at radius 1 is 1.41 bits per heavy atom. The van der Waals surface area contributed by atoms with E-state index in [1.54, 1.807) is 0 Å². The second kappa shape index (κ2) is 6.39. The van der Waals surface area contributed by atoms with Crippen molar-refractivity contribution in [2.75, 3.05) is 14.2 Å². The lowest BCUT2D eigenvalue weighted by Crippen LogP contribution is -2.20. The van der Waals surface area contributed by atoms with Gasteiger partial charge >= 0.3 is 5.97 Å². The number of aryl methyl sites for hydroxylation is 1. The van der Waals surface area contributed by atoms with Gasteiger partial charge in [-0.15, -0.1) is 0 Å². The number of alkyl halides is 1. The predicted molar refractivity (Wildman–Crippen MR) is 69.4 cm³/mol. The molecule has 17 heavy (non-hydrogen) atoms. The van der Waals surface area contributed by atoms with E-state index in [1.807, 2.05) is 25.1 Å². The molecule has 1 rings (SSSR count). The number of carbonyl (C=O) groups excluding carboxylic acids is 1. The minimum absolute atomic E-state index is 0.183. The van der Waals surface area contributed by atoms with Crippen molar-refractivity contribution in [2.45, 2.75) is 12.3 Å². The molecule has 0 saturated carbocycles. The molecule has 4 nitrogen and oxygen atoms in total. The number of hydrogen-bond acceptors (Lipinski definition) is 4. The quantitative estimate of drug-likeness (QED) is 0.371. The van der Waals surface area contributed by atoms with E-state index in [2.05, 4.69) is 21.1 Å². The van der Waals surface area contributed by atoms with Gasteiger partial charge in [0.1, 0.15) is 7.11 Å². The van der Waals surface area contributed by atoms with Gasteiger partial charge in [0.05, 0.1) is 7.11 Å². The Morgan fingerprint density at radius 2 is 2.12 bits per heavy atom. The molecule has 0 bridgehead atoms. The maximum Gasteiger partial charge on any atom is 0.360 e. The summed E-state index contributed by atoms with van der Waals surface area (Å²) >= 11 is 3.39. The summed E-state index contributed by atoms with van der Waals surface area (Å²) in [5, 5.41) is 4.38. The highest BCUT2D eigenvalue weighted by Gasteiger charge is 2.20. The molecule has 0 amide bonds. The number of esters is 1. The van der Waals surface area contributed by atoms with Crippen molar-refractivity contribution >= 4 is 27.6 Å². The third-order valence-corrected chi connectivity index (χ3v) is 2.91. The molecule has 0 unspecified atom stereocenters. The van der Waals surface area contributed by atoms with E-state index < -0.39 is 5.97 Å². The van der Waals surface area contributed by atoms with Gasteiger partial charge < -0.3 is 9.57 Å². The Kier molecular flexibility index (Phi) is 5.15. The summed E-state index contributed by atoms with van der Waals surface area (Å²) in [4.78, 5) is 16.4. The van der Waals surface area contributed by atoms with E-state index in [9.17, 15) is 4.79 Å². The molecule has 0 aliphatic carbocycles. The third kappa shape index (κ3) is 3.06. The first-order chi connectivity index (χ1) is 8.15. The molecule has 0 atom stereocenters. The monoisotopic (exact) mass is 299 g/mol. The summed E-state index contributed by atoms with van der Waals surface area (Å²) in [5.41, 5.74) is 2.84. The zero-order valence-corrected chi connectivity index (χ0v) is 11.6. The van der Waals surface area contributed by atoms with Gasteiger partial charge in [-0.05, 0) is 18.1 Å². The minimum atomic E-state index is -0.511. The molecule has 1 aromatic carbocycles. The van der Waals surface area contributed by atoms with Crippen LogP contribution in [0.15, 0.2) is 23.4 Å². The topological polar surface area (TPSA) is 47.9 Å². The highest BCUT2D eigenvalue weighted by atomic mass is 79.9. The molecule has 0 radical (unpaired) electrons. The van der Waals surface area contributed by atoms with Crippen LogP contribution in [0.2, 0.25) is 0 Å². The largest absolute Gasteiger partial charge is 0.464 e. The maximum absolute atomic E-state index is 11.7. The Morgan fingerprint density at radius 3 is 2.65 bits per heavy atom. The number of halogens is 1. The van der Waals surface area contributed by atoms with E-state index in [0.717, 1.165) is 16.7 Å². The second-order valence-electron chi connectivity index (χ2n) is 3.36. The van der Waals surface area contributed by atoms with Crippen molar-refractivity contribution in [3.8, 4) is 0 Å². The molecular formula is C12H14BrNO3. The number of methoxy groups -OCH3 is 1. The van der Waals surface area contributed by atoms with Gasteiger partial charge in [-0.3, -0.25) is 0 Å². The number of hydrogen-bond donors (Lipinski definition) is 0. The Labute approximate surface area is 109 Å². The number of nitrogens with zero attached hydrogens (tertiary/aromatic N) is 1.